The number of halogens is 1. The molecule has 1 heterocycles. The number of aromatic nitrogens is 3. The van der Waals surface area contributed by atoms with Crippen molar-refractivity contribution < 1.29 is 14.6 Å². The standard InChI is InChI=1S/C10H8BrN3O3/c1-17-6-2-3-7(11)8(4-6)14-9(10(15)16)5-12-13-14/h2-5H,1H3,(H,15,16). The fraction of sp³-hybridized carbons (Fsp3) is 0.100. The Hall–Kier alpha value is -1.89. The number of methoxy groups -OCH3 is 1. The smallest absolute Gasteiger partial charge is 0.356 e. The van der Waals surface area contributed by atoms with Crippen molar-refractivity contribution in [2.45, 2.75) is 0 Å². The van der Waals surface area contributed by atoms with Crippen LogP contribution in [0.15, 0.2) is 28.9 Å². The Morgan fingerprint density at radius 1 is 1.53 bits per heavy atom. The molecule has 0 saturated heterocycles. The molecule has 0 unspecified atom stereocenters. The third kappa shape index (κ3) is 2.14. The van der Waals surface area contributed by atoms with Gasteiger partial charge in [0.15, 0.2) is 5.69 Å². The predicted molar refractivity (Wildman–Crippen MR) is 62.6 cm³/mol. The van der Waals surface area contributed by atoms with Crippen LogP contribution in [0.5, 0.6) is 5.75 Å². The van der Waals surface area contributed by atoms with Crippen LogP contribution in [0.25, 0.3) is 5.69 Å². The van der Waals surface area contributed by atoms with Crippen LogP contribution >= 0.6 is 15.9 Å². The fourth-order valence-corrected chi connectivity index (χ4v) is 1.76. The van der Waals surface area contributed by atoms with Crippen molar-refractivity contribution in [3.05, 3.63) is 34.6 Å². The minimum atomic E-state index is -1.09. The van der Waals surface area contributed by atoms with Crippen molar-refractivity contribution in [3.63, 3.8) is 0 Å². The quantitative estimate of drug-likeness (QED) is 0.934. The van der Waals surface area contributed by atoms with E-state index in [-0.39, 0.29) is 5.69 Å². The molecule has 0 bridgehead atoms. The van der Waals surface area contributed by atoms with E-state index in [1.54, 1.807) is 18.2 Å². The molecule has 0 atom stereocenters. The summed E-state index contributed by atoms with van der Waals surface area (Å²) in [7, 11) is 1.53. The lowest BCUT2D eigenvalue weighted by molar-refractivity contribution is 0.0687. The van der Waals surface area contributed by atoms with Gasteiger partial charge in [0.2, 0.25) is 0 Å². The first-order valence-corrected chi connectivity index (χ1v) is 5.40. The molecule has 0 saturated carbocycles. The molecule has 17 heavy (non-hydrogen) atoms. The maximum absolute atomic E-state index is 11.0. The van der Waals surface area contributed by atoms with Gasteiger partial charge in [-0.1, -0.05) is 5.21 Å². The number of aromatic carboxylic acids is 1. The van der Waals surface area contributed by atoms with E-state index in [4.69, 9.17) is 9.84 Å². The second kappa shape index (κ2) is 4.54. The van der Waals surface area contributed by atoms with Gasteiger partial charge < -0.3 is 9.84 Å². The minimum absolute atomic E-state index is 0.0149. The highest BCUT2D eigenvalue weighted by atomic mass is 79.9. The van der Waals surface area contributed by atoms with E-state index in [0.717, 1.165) is 0 Å². The Balaban J connectivity index is 2.59. The number of nitrogens with zero attached hydrogens (tertiary/aromatic N) is 3. The second-order valence-corrected chi connectivity index (χ2v) is 4.01. The highest BCUT2D eigenvalue weighted by Gasteiger charge is 2.15. The molecule has 0 aliphatic rings. The van der Waals surface area contributed by atoms with Gasteiger partial charge >= 0.3 is 5.97 Å². The average molecular weight is 298 g/mol. The Morgan fingerprint density at radius 3 is 2.94 bits per heavy atom. The number of ether oxygens (including phenoxy) is 1. The summed E-state index contributed by atoms with van der Waals surface area (Å²) in [5.41, 5.74) is 0.540. The Labute approximate surface area is 105 Å². The largest absolute Gasteiger partial charge is 0.497 e. The van der Waals surface area contributed by atoms with Crippen molar-refractivity contribution in [2.24, 2.45) is 0 Å². The summed E-state index contributed by atoms with van der Waals surface area (Å²) in [4.78, 5) is 11.0. The number of hydrogen-bond acceptors (Lipinski definition) is 4. The summed E-state index contributed by atoms with van der Waals surface area (Å²) >= 11 is 3.33. The van der Waals surface area contributed by atoms with Crippen LogP contribution in [-0.4, -0.2) is 33.2 Å². The SMILES string of the molecule is COc1ccc(Br)c(-n2nncc2C(=O)O)c1. The van der Waals surface area contributed by atoms with Crippen LogP contribution in [0, 0.1) is 0 Å². The lowest BCUT2D eigenvalue weighted by Crippen LogP contribution is -2.08. The summed E-state index contributed by atoms with van der Waals surface area (Å²) < 4.78 is 7.01. The van der Waals surface area contributed by atoms with Crippen LogP contribution in [0.3, 0.4) is 0 Å². The molecule has 7 heteroatoms. The highest BCUT2D eigenvalue weighted by Crippen LogP contribution is 2.26. The summed E-state index contributed by atoms with van der Waals surface area (Å²) in [5, 5.41) is 16.3. The van der Waals surface area contributed by atoms with Crippen molar-refractivity contribution in [3.8, 4) is 11.4 Å². The number of benzene rings is 1. The van der Waals surface area contributed by atoms with Gasteiger partial charge in [-0.25, -0.2) is 9.48 Å². The number of rotatable bonds is 3. The first-order chi connectivity index (χ1) is 8.13. The number of carboxylic acid groups (broad SMARTS) is 1. The Kier molecular flexibility index (Phi) is 3.10. The molecule has 1 aromatic carbocycles. The zero-order valence-corrected chi connectivity index (χ0v) is 10.4. The van der Waals surface area contributed by atoms with E-state index in [2.05, 4.69) is 26.2 Å². The zero-order chi connectivity index (χ0) is 12.4. The Bertz CT molecular complexity index is 568. The molecule has 0 radical (unpaired) electrons. The first-order valence-electron chi connectivity index (χ1n) is 4.61. The highest BCUT2D eigenvalue weighted by molar-refractivity contribution is 9.10. The molecular formula is C10H8BrN3O3. The Morgan fingerprint density at radius 2 is 2.29 bits per heavy atom. The topological polar surface area (TPSA) is 77.2 Å². The van der Waals surface area contributed by atoms with E-state index in [9.17, 15) is 4.79 Å². The van der Waals surface area contributed by atoms with Gasteiger partial charge in [0.1, 0.15) is 5.75 Å². The maximum atomic E-state index is 11.0. The maximum Gasteiger partial charge on any atom is 0.356 e. The van der Waals surface area contributed by atoms with Crippen LogP contribution in [0.4, 0.5) is 0 Å². The fourth-order valence-electron chi connectivity index (χ4n) is 1.34. The lowest BCUT2D eigenvalue weighted by Gasteiger charge is -2.07. The monoisotopic (exact) mass is 297 g/mol. The molecule has 0 fully saturated rings. The summed E-state index contributed by atoms with van der Waals surface area (Å²) in [6.07, 6.45) is 1.19. The number of hydrogen-bond donors (Lipinski definition) is 1. The van der Waals surface area contributed by atoms with E-state index >= 15 is 0 Å². The molecule has 1 N–H and O–H groups in total. The van der Waals surface area contributed by atoms with Crippen LogP contribution < -0.4 is 4.74 Å². The molecule has 88 valence electrons. The van der Waals surface area contributed by atoms with Gasteiger partial charge in [-0.05, 0) is 28.1 Å². The molecule has 0 amide bonds. The molecule has 6 nitrogen and oxygen atoms in total. The molecule has 2 rings (SSSR count). The summed E-state index contributed by atoms with van der Waals surface area (Å²) in [5.74, 6) is -0.486. The van der Waals surface area contributed by atoms with Crippen LogP contribution in [0.1, 0.15) is 10.5 Å². The van der Waals surface area contributed by atoms with Gasteiger partial charge in [0, 0.05) is 10.5 Å². The molecule has 0 aliphatic heterocycles. The normalized spacial score (nSPS) is 10.2. The third-order valence-corrected chi connectivity index (χ3v) is 2.82. The molecular weight excluding hydrogens is 290 g/mol. The molecule has 2 aromatic rings. The van der Waals surface area contributed by atoms with Gasteiger partial charge in [-0.15, -0.1) is 5.10 Å². The van der Waals surface area contributed by atoms with Crippen molar-refractivity contribution in [1.29, 1.82) is 0 Å². The first kappa shape index (κ1) is 11.6. The van der Waals surface area contributed by atoms with Gasteiger partial charge in [-0.3, -0.25) is 0 Å². The van der Waals surface area contributed by atoms with E-state index in [1.165, 1.54) is 18.0 Å². The minimum Gasteiger partial charge on any atom is -0.497 e. The average Bonchev–Trinajstić information content (AvgIpc) is 2.78. The van der Waals surface area contributed by atoms with E-state index in [1.807, 2.05) is 0 Å². The van der Waals surface area contributed by atoms with Crippen LogP contribution in [0.2, 0.25) is 0 Å². The van der Waals surface area contributed by atoms with Crippen molar-refractivity contribution >= 4 is 21.9 Å². The van der Waals surface area contributed by atoms with E-state index in [0.29, 0.717) is 15.9 Å². The number of carboxylic acids is 1. The van der Waals surface area contributed by atoms with Crippen LogP contribution in [-0.2, 0) is 0 Å². The van der Waals surface area contributed by atoms with E-state index < -0.39 is 5.97 Å². The predicted octanol–water partition coefficient (Wildman–Crippen LogP) is 1.74. The lowest BCUT2D eigenvalue weighted by atomic mass is 10.3. The van der Waals surface area contributed by atoms with Gasteiger partial charge in [0.05, 0.1) is 19.0 Å². The molecule has 0 spiro atoms. The third-order valence-electron chi connectivity index (χ3n) is 2.15. The second-order valence-electron chi connectivity index (χ2n) is 3.15. The van der Waals surface area contributed by atoms with Gasteiger partial charge in [0.25, 0.3) is 0 Å². The molecule has 0 aliphatic carbocycles. The number of carbonyl (C=O) groups is 1. The summed E-state index contributed by atoms with van der Waals surface area (Å²) in [6.45, 7) is 0. The van der Waals surface area contributed by atoms with Crippen molar-refractivity contribution in [1.82, 2.24) is 15.0 Å². The molecule has 1 aromatic heterocycles. The zero-order valence-electron chi connectivity index (χ0n) is 8.79. The summed E-state index contributed by atoms with van der Waals surface area (Å²) in [6, 6.07) is 5.18. The van der Waals surface area contributed by atoms with Gasteiger partial charge in [-0.2, -0.15) is 0 Å². The van der Waals surface area contributed by atoms with Crippen molar-refractivity contribution in [2.75, 3.05) is 7.11 Å².